The van der Waals surface area contributed by atoms with Gasteiger partial charge in [0.25, 0.3) is 0 Å². The lowest BCUT2D eigenvalue weighted by atomic mass is 9.93. The Hall–Kier alpha value is -3.98. The standard InChI is InChI=1S/C54H76O3/c1-8-11-13-15-17-19-36-56-52-41-49(53(40-48(52)22-10-3)57-37-20-18-16-14-12-9-2)29-26-45-27-34-51-47(39-45)28-25-44(7)54(51)46-30-32-50(33-31-46)55-38-35-43(6)24-21-23-42(4)5/h10,22,25-34,39-43H,8-9,11-21,23-24,35-38H2,1-7H3/b22-10+,29-26+. The maximum atomic E-state index is 6.51. The number of fused-ring (bicyclic) bond motifs is 1. The Bertz CT molecular complexity index is 1780. The molecular weight excluding hydrogens is 697 g/mol. The van der Waals surface area contributed by atoms with E-state index in [0.717, 1.165) is 78.9 Å². The van der Waals surface area contributed by atoms with Crippen LogP contribution in [0.2, 0.25) is 0 Å². The van der Waals surface area contributed by atoms with Crippen LogP contribution in [0.25, 0.3) is 40.1 Å². The Morgan fingerprint density at radius 2 is 1.16 bits per heavy atom. The molecule has 3 nitrogen and oxygen atoms in total. The summed E-state index contributed by atoms with van der Waals surface area (Å²) in [6.45, 7) is 18.0. The number of hydrogen-bond donors (Lipinski definition) is 0. The van der Waals surface area contributed by atoms with Gasteiger partial charge in [0.1, 0.15) is 17.2 Å². The van der Waals surface area contributed by atoms with E-state index < -0.39 is 0 Å². The van der Waals surface area contributed by atoms with Gasteiger partial charge in [0.2, 0.25) is 0 Å². The summed E-state index contributed by atoms with van der Waals surface area (Å²) in [7, 11) is 0. The smallest absolute Gasteiger partial charge is 0.127 e. The molecule has 4 aromatic carbocycles. The van der Waals surface area contributed by atoms with E-state index in [9.17, 15) is 0 Å². The third-order valence-corrected chi connectivity index (χ3v) is 11.2. The molecule has 0 radical (unpaired) electrons. The zero-order chi connectivity index (χ0) is 40.7. The van der Waals surface area contributed by atoms with Gasteiger partial charge in [-0.1, -0.05) is 179 Å². The molecule has 310 valence electrons. The fourth-order valence-corrected chi connectivity index (χ4v) is 7.66. The van der Waals surface area contributed by atoms with E-state index in [-0.39, 0.29) is 0 Å². The monoisotopic (exact) mass is 773 g/mol. The minimum absolute atomic E-state index is 0.696. The molecule has 0 aromatic heterocycles. The van der Waals surface area contributed by atoms with E-state index in [4.69, 9.17) is 14.2 Å². The van der Waals surface area contributed by atoms with Gasteiger partial charge < -0.3 is 14.2 Å². The first-order valence-electron chi connectivity index (χ1n) is 22.8. The van der Waals surface area contributed by atoms with Crippen molar-refractivity contribution in [1.82, 2.24) is 0 Å². The molecular formula is C54H76O3. The molecule has 57 heavy (non-hydrogen) atoms. The SMILES string of the molecule is C/C=C/c1cc(OCCCCCCCC)c(/C=C/c2ccc3c(-c4ccc(OCCC(C)CCCC(C)C)cc4)c(C)ccc3c2)cc1OCCCCCCCC. The summed E-state index contributed by atoms with van der Waals surface area (Å²) in [5.74, 6) is 4.28. The Balaban J connectivity index is 1.50. The molecule has 0 aliphatic rings. The zero-order valence-electron chi connectivity index (χ0n) is 37.0. The van der Waals surface area contributed by atoms with Crippen molar-refractivity contribution in [3.63, 3.8) is 0 Å². The van der Waals surface area contributed by atoms with Crippen molar-refractivity contribution in [3.05, 3.63) is 95.1 Å². The van der Waals surface area contributed by atoms with Crippen molar-refractivity contribution >= 4 is 29.0 Å². The molecule has 0 saturated heterocycles. The maximum absolute atomic E-state index is 6.51. The number of allylic oxidation sites excluding steroid dienone is 1. The van der Waals surface area contributed by atoms with Crippen LogP contribution in [-0.2, 0) is 0 Å². The average molecular weight is 773 g/mol. The highest BCUT2D eigenvalue weighted by Gasteiger charge is 2.12. The van der Waals surface area contributed by atoms with Crippen molar-refractivity contribution in [2.75, 3.05) is 19.8 Å². The molecule has 0 N–H and O–H groups in total. The largest absolute Gasteiger partial charge is 0.494 e. The second kappa shape index (κ2) is 26.1. The number of unbranched alkanes of at least 4 members (excludes halogenated alkanes) is 10. The van der Waals surface area contributed by atoms with E-state index in [0.29, 0.717) is 5.92 Å². The van der Waals surface area contributed by atoms with Gasteiger partial charge in [-0.3, -0.25) is 0 Å². The summed E-state index contributed by atoms with van der Waals surface area (Å²) in [5.41, 5.74) is 7.07. The molecule has 0 fully saturated rings. The molecule has 1 unspecified atom stereocenters. The summed E-state index contributed by atoms with van der Waals surface area (Å²) in [4.78, 5) is 0. The van der Waals surface area contributed by atoms with Crippen LogP contribution in [0, 0.1) is 18.8 Å². The van der Waals surface area contributed by atoms with Gasteiger partial charge in [0, 0.05) is 11.1 Å². The number of ether oxygens (including phenoxy) is 3. The summed E-state index contributed by atoms with van der Waals surface area (Å²) in [6, 6.07) is 24.4. The predicted octanol–water partition coefficient (Wildman–Crippen LogP) is 16.7. The highest BCUT2D eigenvalue weighted by Crippen LogP contribution is 2.35. The third kappa shape index (κ3) is 16.1. The summed E-state index contributed by atoms with van der Waals surface area (Å²) < 4.78 is 19.2. The first-order chi connectivity index (χ1) is 27.8. The van der Waals surface area contributed by atoms with Crippen molar-refractivity contribution in [3.8, 4) is 28.4 Å². The van der Waals surface area contributed by atoms with E-state index in [1.54, 1.807) is 0 Å². The van der Waals surface area contributed by atoms with Gasteiger partial charge >= 0.3 is 0 Å². The first kappa shape index (κ1) is 45.7. The van der Waals surface area contributed by atoms with E-state index in [1.165, 1.54) is 111 Å². The molecule has 0 aliphatic carbocycles. The minimum Gasteiger partial charge on any atom is -0.494 e. The van der Waals surface area contributed by atoms with Crippen LogP contribution in [-0.4, -0.2) is 19.8 Å². The molecule has 0 aliphatic heterocycles. The Morgan fingerprint density at radius 3 is 1.77 bits per heavy atom. The van der Waals surface area contributed by atoms with Crippen molar-refractivity contribution < 1.29 is 14.2 Å². The number of hydrogen-bond acceptors (Lipinski definition) is 3. The van der Waals surface area contributed by atoms with Crippen molar-refractivity contribution in [1.29, 1.82) is 0 Å². The normalized spacial score (nSPS) is 12.4. The lowest BCUT2D eigenvalue weighted by Gasteiger charge is -2.16. The fourth-order valence-electron chi connectivity index (χ4n) is 7.66. The Morgan fingerprint density at radius 1 is 0.544 bits per heavy atom. The van der Waals surface area contributed by atoms with Gasteiger partial charge in [-0.25, -0.2) is 0 Å². The summed E-state index contributed by atoms with van der Waals surface area (Å²) in [6.07, 6.45) is 28.6. The van der Waals surface area contributed by atoms with Crippen molar-refractivity contribution in [2.24, 2.45) is 11.8 Å². The second-order valence-electron chi connectivity index (χ2n) is 16.8. The Labute approximate surface area is 348 Å². The Kier molecular flexibility index (Phi) is 20.9. The molecule has 0 bridgehead atoms. The van der Waals surface area contributed by atoms with Gasteiger partial charge in [0.05, 0.1) is 19.8 Å². The lowest BCUT2D eigenvalue weighted by molar-refractivity contribution is 0.276. The molecule has 3 heteroatoms. The molecule has 1 atom stereocenters. The highest BCUT2D eigenvalue weighted by atomic mass is 16.5. The van der Waals surface area contributed by atoms with Crippen LogP contribution in [0.1, 0.15) is 167 Å². The van der Waals surface area contributed by atoms with Crippen LogP contribution in [0.15, 0.2) is 72.8 Å². The molecule has 4 rings (SSSR count). The molecule has 0 saturated carbocycles. The quantitative estimate of drug-likeness (QED) is 0.0425. The van der Waals surface area contributed by atoms with Crippen LogP contribution in [0.5, 0.6) is 17.2 Å². The molecule has 4 aromatic rings. The van der Waals surface area contributed by atoms with Crippen LogP contribution in [0.4, 0.5) is 0 Å². The van der Waals surface area contributed by atoms with Crippen LogP contribution >= 0.6 is 0 Å². The first-order valence-corrected chi connectivity index (χ1v) is 22.8. The summed E-state index contributed by atoms with van der Waals surface area (Å²) in [5, 5.41) is 2.50. The van der Waals surface area contributed by atoms with Crippen molar-refractivity contribution in [2.45, 2.75) is 151 Å². The zero-order valence-corrected chi connectivity index (χ0v) is 37.0. The number of aryl methyl sites for hydroxylation is 1. The highest BCUT2D eigenvalue weighted by molar-refractivity contribution is 5.99. The van der Waals surface area contributed by atoms with E-state index >= 15 is 0 Å². The van der Waals surface area contributed by atoms with E-state index in [1.807, 2.05) is 0 Å². The fraction of sp³-hybridized carbons (Fsp3) is 0.519. The average Bonchev–Trinajstić information content (AvgIpc) is 3.20. The number of benzene rings is 4. The summed E-state index contributed by atoms with van der Waals surface area (Å²) >= 11 is 0. The topological polar surface area (TPSA) is 27.7 Å². The van der Waals surface area contributed by atoms with Crippen LogP contribution in [0.3, 0.4) is 0 Å². The number of rotatable bonds is 28. The van der Waals surface area contributed by atoms with Gasteiger partial charge in [0.15, 0.2) is 0 Å². The third-order valence-electron chi connectivity index (χ3n) is 11.2. The van der Waals surface area contributed by atoms with Gasteiger partial charge in [-0.15, -0.1) is 0 Å². The minimum atomic E-state index is 0.696. The van der Waals surface area contributed by atoms with Crippen LogP contribution < -0.4 is 14.2 Å². The molecule has 0 spiro atoms. The second-order valence-corrected chi connectivity index (χ2v) is 16.8. The predicted molar refractivity (Wildman–Crippen MR) is 250 cm³/mol. The molecule has 0 amide bonds. The van der Waals surface area contributed by atoms with Gasteiger partial charge in [-0.05, 0) is 108 Å². The van der Waals surface area contributed by atoms with E-state index in [2.05, 4.69) is 140 Å². The van der Waals surface area contributed by atoms with Gasteiger partial charge in [-0.2, -0.15) is 0 Å². The molecule has 0 heterocycles. The maximum Gasteiger partial charge on any atom is 0.127 e. The lowest BCUT2D eigenvalue weighted by Crippen LogP contribution is -2.04.